The Labute approximate surface area is 113 Å². The van der Waals surface area contributed by atoms with Gasteiger partial charge in [-0.25, -0.2) is 0 Å². The normalized spacial score (nSPS) is 36.4. The molecule has 1 N–H and O–H groups in total. The summed E-state index contributed by atoms with van der Waals surface area (Å²) in [6, 6.07) is 0. The lowest BCUT2D eigenvalue weighted by Gasteiger charge is -2.21. The number of hydrogen-bond acceptors (Lipinski definition) is 1. The molecule has 2 aliphatic rings. The first-order valence-electron chi connectivity index (χ1n) is 6.89. The maximum atomic E-state index is 13.6. The maximum absolute atomic E-state index is 13.6. The van der Waals surface area contributed by atoms with Gasteiger partial charge in [0, 0.05) is 5.57 Å². The molecular weight excluding hydrogens is 246 g/mol. The first kappa shape index (κ1) is 14.4. The molecule has 0 aliphatic heterocycles. The highest BCUT2D eigenvalue weighted by Gasteiger charge is 2.55. The van der Waals surface area contributed by atoms with Crippen LogP contribution >= 0.6 is 0 Å². The van der Waals surface area contributed by atoms with E-state index in [1.54, 1.807) is 12.2 Å². The molecule has 0 saturated heterocycles. The number of alkyl halides is 2. The molecule has 2 rings (SSSR count). The Hall–Kier alpha value is -0.960. The van der Waals surface area contributed by atoms with Crippen LogP contribution in [-0.4, -0.2) is 17.1 Å². The average Bonchev–Trinajstić information content (AvgIpc) is 3.08. The predicted octanol–water partition coefficient (Wildman–Crippen LogP) is 4.11. The van der Waals surface area contributed by atoms with Crippen molar-refractivity contribution in [3.8, 4) is 0 Å². The molecule has 3 heteroatoms. The summed E-state index contributed by atoms with van der Waals surface area (Å²) >= 11 is 0. The van der Waals surface area contributed by atoms with Crippen molar-refractivity contribution in [2.75, 3.05) is 0 Å². The van der Waals surface area contributed by atoms with Gasteiger partial charge in [0.25, 0.3) is 5.92 Å². The number of hydrogen-bond donors (Lipinski definition) is 1. The summed E-state index contributed by atoms with van der Waals surface area (Å²) in [5, 5.41) is 9.68. The molecule has 1 saturated carbocycles. The van der Waals surface area contributed by atoms with E-state index in [0.29, 0.717) is 18.4 Å². The number of allylic oxidation sites excluding steroid dienone is 5. The average molecular weight is 268 g/mol. The second-order valence-corrected chi connectivity index (χ2v) is 6.09. The van der Waals surface area contributed by atoms with Crippen LogP contribution in [-0.2, 0) is 0 Å². The number of halogens is 2. The molecule has 0 radical (unpaired) electrons. The lowest BCUT2D eigenvalue weighted by Crippen LogP contribution is -2.17. The van der Waals surface area contributed by atoms with Gasteiger partial charge in [-0.05, 0) is 49.5 Å². The van der Waals surface area contributed by atoms with Crippen LogP contribution in [0.3, 0.4) is 0 Å². The molecule has 0 spiro atoms. The fourth-order valence-corrected chi connectivity index (χ4v) is 3.28. The number of aliphatic hydroxyl groups excluding tert-OH is 1. The molecule has 106 valence electrons. The standard InChI is InChI=1S/C16H22F2O/c1-4-16(17,18)13-7-5-6-12(8-9-13)15(3)10-14(15)11(2)19/h4,7-9,11-12,14,19H,1,5-6,10H2,2-3H3. The van der Waals surface area contributed by atoms with E-state index < -0.39 is 5.92 Å². The van der Waals surface area contributed by atoms with Gasteiger partial charge < -0.3 is 5.11 Å². The van der Waals surface area contributed by atoms with Crippen LogP contribution < -0.4 is 0 Å². The Bertz CT molecular complexity index is 422. The number of aliphatic hydroxyl groups is 1. The van der Waals surface area contributed by atoms with Crippen LogP contribution in [0.25, 0.3) is 0 Å². The van der Waals surface area contributed by atoms with Crippen molar-refractivity contribution in [2.45, 2.75) is 45.1 Å². The third-order valence-electron chi connectivity index (χ3n) is 4.77. The minimum atomic E-state index is -2.94. The van der Waals surface area contributed by atoms with Crippen molar-refractivity contribution in [1.82, 2.24) is 0 Å². The Balaban J connectivity index is 2.11. The van der Waals surface area contributed by atoms with Gasteiger partial charge in [0.05, 0.1) is 6.10 Å². The van der Waals surface area contributed by atoms with Crippen molar-refractivity contribution in [1.29, 1.82) is 0 Å². The zero-order valence-corrected chi connectivity index (χ0v) is 11.6. The van der Waals surface area contributed by atoms with Crippen LogP contribution in [0.4, 0.5) is 8.78 Å². The van der Waals surface area contributed by atoms with Crippen molar-refractivity contribution in [2.24, 2.45) is 17.3 Å². The Morgan fingerprint density at radius 3 is 2.79 bits per heavy atom. The van der Waals surface area contributed by atoms with Crippen LogP contribution in [0.2, 0.25) is 0 Å². The first-order valence-corrected chi connectivity index (χ1v) is 6.89. The first-order chi connectivity index (χ1) is 8.81. The zero-order valence-electron chi connectivity index (χ0n) is 11.6. The zero-order chi connectivity index (χ0) is 14.3. The molecule has 0 aromatic carbocycles. The third kappa shape index (κ3) is 2.66. The van der Waals surface area contributed by atoms with E-state index in [9.17, 15) is 13.9 Å². The van der Waals surface area contributed by atoms with Crippen LogP contribution in [0.15, 0.2) is 36.5 Å². The van der Waals surface area contributed by atoms with Crippen LogP contribution in [0.1, 0.15) is 33.1 Å². The molecule has 4 unspecified atom stereocenters. The van der Waals surface area contributed by atoms with E-state index in [4.69, 9.17) is 0 Å². The molecule has 4 atom stereocenters. The van der Waals surface area contributed by atoms with E-state index in [-0.39, 0.29) is 23.0 Å². The second kappa shape index (κ2) is 4.86. The summed E-state index contributed by atoms with van der Waals surface area (Å²) in [6.45, 7) is 7.16. The van der Waals surface area contributed by atoms with Gasteiger partial charge in [0.2, 0.25) is 0 Å². The lowest BCUT2D eigenvalue weighted by molar-refractivity contribution is 0.101. The van der Waals surface area contributed by atoms with Gasteiger partial charge in [-0.1, -0.05) is 31.7 Å². The summed E-state index contributed by atoms with van der Waals surface area (Å²) < 4.78 is 27.2. The van der Waals surface area contributed by atoms with Gasteiger partial charge in [0.1, 0.15) is 0 Å². The van der Waals surface area contributed by atoms with Crippen molar-refractivity contribution in [3.05, 3.63) is 36.5 Å². The maximum Gasteiger partial charge on any atom is 0.291 e. The molecule has 1 nitrogen and oxygen atoms in total. The van der Waals surface area contributed by atoms with Crippen molar-refractivity contribution in [3.63, 3.8) is 0 Å². The molecule has 0 heterocycles. The summed E-state index contributed by atoms with van der Waals surface area (Å²) in [4.78, 5) is 0. The van der Waals surface area contributed by atoms with Crippen LogP contribution in [0, 0.1) is 17.3 Å². The third-order valence-corrected chi connectivity index (χ3v) is 4.77. The summed E-state index contributed by atoms with van der Waals surface area (Å²) in [5.41, 5.74) is 0.111. The van der Waals surface area contributed by atoms with E-state index in [0.717, 1.165) is 12.8 Å². The highest BCUT2D eigenvalue weighted by molar-refractivity contribution is 5.33. The predicted molar refractivity (Wildman–Crippen MR) is 73.0 cm³/mol. The Morgan fingerprint density at radius 1 is 1.58 bits per heavy atom. The van der Waals surface area contributed by atoms with Gasteiger partial charge in [-0.15, -0.1) is 0 Å². The summed E-state index contributed by atoms with van der Waals surface area (Å²) in [6.07, 6.45) is 7.94. The molecule has 1 fully saturated rings. The fourth-order valence-electron chi connectivity index (χ4n) is 3.28. The minimum absolute atomic E-state index is 0.0443. The lowest BCUT2D eigenvalue weighted by atomic mass is 9.84. The summed E-state index contributed by atoms with van der Waals surface area (Å²) in [7, 11) is 0. The van der Waals surface area contributed by atoms with Gasteiger partial charge in [-0.3, -0.25) is 0 Å². The molecule has 0 bridgehead atoms. The fraction of sp³-hybridized carbons (Fsp3) is 0.625. The SMILES string of the molecule is C=CC(F)(F)C1=CCCC(C2(C)CC2C(C)O)C=C1. The van der Waals surface area contributed by atoms with Crippen molar-refractivity contribution >= 4 is 0 Å². The van der Waals surface area contributed by atoms with Gasteiger partial charge in [0.15, 0.2) is 0 Å². The Kier molecular flexibility index (Phi) is 3.69. The smallest absolute Gasteiger partial charge is 0.291 e. The topological polar surface area (TPSA) is 20.2 Å². The number of rotatable bonds is 4. The minimum Gasteiger partial charge on any atom is -0.393 e. The van der Waals surface area contributed by atoms with Crippen LogP contribution in [0.5, 0.6) is 0 Å². The Morgan fingerprint density at radius 2 is 2.26 bits per heavy atom. The second-order valence-electron chi connectivity index (χ2n) is 6.09. The van der Waals surface area contributed by atoms with E-state index >= 15 is 0 Å². The molecule has 19 heavy (non-hydrogen) atoms. The molecule has 2 aliphatic carbocycles. The molecule has 0 aromatic heterocycles. The van der Waals surface area contributed by atoms with Gasteiger partial charge >= 0.3 is 0 Å². The largest absolute Gasteiger partial charge is 0.393 e. The molecule has 0 amide bonds. The van der Waals surface area contributed by atoms with E-state index in [1.165, 1.54) is 0 Å². The quantitative estimate of drug-likeness (QED) is 0.761. The highest BCUT2D eigenvalue weighted by atomic mass is 19.3. The molecular formula is C16H22F2O. The highest BCUT2D eigenvalue weighted by Crippen LogP contribution is 2.61. The van der Waals surface area contributed by atoms with Crippen molar-refractivity contribution < 1.29 is 13.9 Å². The van der Waals surface area contributed by atoms with E-state index in [2.05, 4.69) is 13.5 Å². The monoisotopic (exact) mass is 268 g/mol. The molecule has 0 aromatic rings. The van der Waals surface area contributed by atoms with E-state index in [1.807, 2.05) is 13.0 Å². The summed E-state index contributed by atoms with van der Waals surface area (Å²) in [5.74, 6) is -2.38. The van der Waals surface area contributed by atoms with Gasteiger partial charge in [-0.2, -0.15) is 8.78 Å².